The molecule has 0 aliphatic carbocycles. The van der Waals surface area contributed by atoms with Crippen molar-refractivity contribution in [1.29, 1.82) is 0 Å². The lowest BCUT2D eigenvalue weighted by Crippen LogP contribution is -1.92. The fraction of sp³-hybridized carbons (Fsp3) is 0.300. The molecule has 1 aromatic rings. The Labute approximate surface area is 72.6 Å². The largest absolute Gasteiger partial charge is 0.271 e. The number of rotatable bonds is 0. The first-order chi connectivity index (χ1) is 5.66. The van der Waals surface area contributed by atoms with Gasteiger partial charge in [-0.3, -0.25) is 4.68 Å². The average Bonchev–Trinajstić information content (AvgIpc) is 2.25. The van der Waals surface area contributed by atoms with E-state index in [1.165, 1.54) is 0 Å². The third kappa shape index (κ3) is 1.33. The molecule has 0 aromatic carbocycles. The second-order valence-corrected chi connectivity index (χ2v) is 2.56. The van der Waals surface area contributed by atoms with Crippen molar-refractivity contribution >= 4 is 0 Å². The van der Waals surface area contributed by atoms with Gasteiger partial charge in [0.25, 0.3) is 0 Å². The van der Waals surface area contributed by atoms with E-state index < -0.39 is 0 Å². The Balaban J connectivity index is 3.25. The zero-order chi connectivity index (χ0) is 9.14. The highest BCUT2D eigenvalue weighted by Crippen LogP contribution is 2.09. The van der Waals surface area contributed by atoms with E-state index in [1.54, 1.807) is 4.68 Å². The molecular formula is C10H10N2. The van der Waals surface area contributed by atoms with Crippen LogP contribution in [0.1, 0.15) is 17.0 Å². The minimum Gasteiger partial charge on any atom is -0.271 e. The SMILES string of the molecule is C#CC#Cc1c(C)nn(C)c1C. The standard InChI is InChI=1S/C10H10N2/c1-5-6-7-10-8(2)11-12(4)9(10)3/h1H,2-4H3. The third-order valence-electron chi connectivity index (χ3n) is 1.77. The normalized spacial score (nSPS) is 8.50. The van der Waals surface area contributed by atoms with E-state index >= 15 is 0 Å². The minimum atomic E-state index is 0.928. The van der Waals surface area contributed by atoms with Crippen molar-refractivity contribution in [3.63, 3.8) is 0 Å². The molecule has 1 aromatic heterocycles. The second kappa shape index (κ2) is 3.15. The maximum atomic E-state index is 5.03. The topological polar surface area (TPSA) is 17.8 Å². The van der Waals surface area contributed by atoms with E-state index in [0.717, 1.165) is 17.0 Å². The molecule has 0 saturated carbocycles. The zero-order valence-electron chi connectivity index (χ0n) is 7.47. The first-order valence-electron chi connectivity index (χ1n) is 3.63. The summed E-state index contributed by atoms with van der Waals surface area (Å²) in [5, 5.41) is 4.21. The van der Waals surface area contributed by atoms with Crippen LogP contribution in [0.25, 0.3) is 0 Å². The van der Waals surface area contributed by atoms with Crippen molar-refractivity contribution < 1.29 is 0 Å². The summed E-state index contributed by atoms with van der Waals surface area (Å²) >= 11 is 0. The number of aromatic nitrogens is 2. The van der Waals surface area contributed by atoms with Gasteiger partial charge in [-0.15, -0.1) is 6.42 Å². The van der Waals surface area contributed by atoms with Crippen molar-refractivity contribution in [3.05, 3.63) is 17.0 Å². The molecule has 12 heavy (non-hydrogen) atoms. The van der Waals surface area contributed by atoms with Crippen LogP contribution in [0, 0.1) is 38.0 Å². The van der Waals surface area contributed by atoms with Gasteiger partial charge in [0.1, 0.15) is 0 Å². The van der Waals surface area contributed by atoms with Crippen LogP contribution < -0.4 is 0 Å². The lowest BCUT2D eigenvalue weighted by atomic mass is 10.2. The van der Waals surface area contributed by atoms with Gasteiger partial charge in [-0.05, 0) is 31.6 Å². The van der Waals surface area contributed by atoms with Crippen LogP contribution in [0.2, 0.25) is 0 Å². The quantitative estimate of drug-likeness (QED) is 0.515. The van der Waals surface area contributed by atoms with Crippen LogP contribution in [0.4, 0.5) is 0 Å². The number of hydrogen-bond donors (Lipinski definition) is 0. The van der Waals surface area contributed by atoms with Crippen LogP contribution >= 0.6 is 0 Å². The van der Waals surface area contributed by atoms with E-state index in [1.807, 2.05) is 20.9 Å². The van der Waals surface area contributed by atoms with Gasteiger partial charge in [0, 0.05) is 7.05 Å². The van der Waals surface area contributed by atoms with Crippen LogP contribution in [-0.2, 0) is 7.05 Å². The molecule has 0 aliphatic heterocycles. The zero-order valence-corrected chi connectivity index (χ0v) is 7.47. The number of aryl methyl sites for hydroxylation is 2. The maximum absolute atomic E-state index is 5.03. The first kappa shape index (κ1) is 8.43. The van der Waals surface area contributed by atoms with Crippen molar-refractivity contribution in [2.75, 3.05) is 0 Å². The number of hydrogen-bond acceptors (Lipinski definition) is 1. The summed E-state index contributed by atoms with van der Waals surface area (Å²) < 4.78 is 1.80. The number of nitrogens with zero attached hydrogens (tertiary/aromatic N) is 2. The minimum absolute atomic E-state index is 0.928. The van der Waals surface area contributed by atoms with Crippen molar-refractivity contribution in [2.24, 2.45) is 7.05 Å². The summed E-state index contributed by atoms with van der Waals surface area (Å²) in [7, 11) is 1.89. The molecule has 0 aliphatic rings. The fourth-order valence-corrected chi connectivity index (χ4v) is 1.05. The maximum Gasteiger partial charge on any atom is 0.0753 e. The van der Waals surface area contributed by atoms with E-state index in [4.69, 9.17) is 6.42 Å². The van der Waals surface area contributed by atoms with Gasteiger partial charge >= 0.3 is 0 Å². The molecule has 0 atom stereocenters. The summed E-state index contributed by atoms with van der Waals surface area (Å²) in [6.07, 6.45) is 5.03. The van der Waals surface area contributed by atoms with E-state index in [0.29, 0.717) is 0 Å². The lowest BCUT2D eigenvalue weighted by Gasteiger charge is -1.90. The second-order valence-electron chi connectivity index (χ2n) is 2.56. The molecule has 0 fully saturated rings. The Hall–Kier alpha value is -1.67. The molecule has 0 bridgehead atoms. The Morgan fingerprint density at radius 2 is 2.08 bits per heavy atom. The first-order valence-corrected chi connectivity index (χ1v) is 3.63. The van der Waals surface area contributed by atoms with Crippen molar-refractivity contribution in [2.45, 2.75) is 13.8 Å². The van der Waals surface area contributed by atoms with Crippen LogP contribution in [0.3, 0.4) is 0 Å². The van der Waals surface area contributed by atoms with Crippen LogP contribution in [0.5, 0.6) is 0 Å². The molecular weight excluding hydrogens is 148 g/mol. The van der Waals surface area contributed by atoms with Gasteiger partial charge in [0.05, 0.1) is 17.0 Å². The molecule has 60 valence electrons. The fourth-order valence-electron chi connectivity index (χ4n) is 1.05. The van der Waals surface area contributed by atoms with Gasteiger partial charge in [-0.2, -0.15) is 5.10 Å². The van der Waals surface area contributed by atoms with Gasteiger partial charge in [-0.1, -0.05) is 0 Å². The van der Waals surface area contributed by atoms with Gasteiger partial charge in [0.2, 0.25) is 0 Å². The van der Waals surface area contributed by atoms with E-state index in [9.17, 15) is 0 Å². The third-order valence-corrected chi connectivity index (χ3v) is 1.77. The van der Waals surface area contributed by atoms with Gasteiger partial charge in [0.15, 0.2) is 0 Å². The average molecular weight is 158 g/mol. The van der Waals surface area contributed by atoms with E-state index in [2.05, 4.69) is 22.9 Å². The smallest absolute Gasteiger partial charge is 0.0753 e. The molecule has 0 radical (unpaired) electrons. The highest BCUT2D eigenvalue weighted by atomic mass is 15.3. The number of terminal acetylenes is 1. The molecule has 0 amide bonds. The van der Waals surface area contributed by atoms with E-state index in [-0.39, 0.29) is 0 Å². The monoisotopic (exact) mass is 158 g/mol. The van der Waals surface area contributed by atoms with Gasteiger partial charge in [-0.25, -0.2) is 0 Å². The van der Waals surface area contributed by atoms with Crippen LogP contribution in [-0.4, -0.2) is 9.78 Å². The predicted molar refractivity (Wildman–Crippen MR) is 48.4 cm³/mol. The Kier molecular flexibility index (Phi) is 2.21. The molecule has 2 heteroatoms. The summed E-state index contributed by atoms with van der Waals surface area (Å²) in [5.41, 5.74) is 2.92. The molecule has 0 saturated heterocycles. The summed E-state index contributed by atoms with van der Waals surface area (Å²) in [6.45, 7) is 3.90. The molecule has 1 rings (SSSR count). The highest BCUT2D eigenvalue weighted by Gasteiger charge is 2.05. The van der Waals surface area contributed by atoms with Crippen LogP contribution in [0.15, 0.2) is 0 Å². The Morgan fingerprint density at radius 3 is 2.50 bits per heavy atom. The summed E-state index contributed by atoms with van der Waals surface area (Å²) in [6, 6.07) is 0. The Morgan fingerprint density at radius 1 is 1.42 bits per heavy atom. The predicted octanol–water partition coefficient (Wildman–Crippen LogP) is 1.02. The summed E-state index contributed by atoms with van der Waals surface area (Å²) in [4.78, 5) is 0. The molecule has 2 nitrogen and oxygen atoms in total. The van der Waals surface area contributed by atoms with Crippen molar-refractivity contribution in [3.8, 4) is 24.2 Å². The molecule has 0 N–H and O–H groups in total. The molecule has 0 spiro atoms. The molecule has 1 heterocycles. The Bertz CT molecular complexity index is 394. The molecule has 0 unspecified atom stereocenters. The highest BCUT2D eigenvalue weighted by molar-refractivity contribution is 5.44. The lowest BCUT2D eigenvalue weighted by molar-refractivity contribution is 0.731. The van der Waals surface area contributed by atoms with Gasteiger partial charge < -0.3 is 0 Å². The summed E-state index contributed by atoms with van der Waals surface area (Å²) in [5.74, 6) is 7.75. The van der Waals surface area contributed by atoms with Crippen molar-refractivity contribution in [1.82, 2.24) is 9.78 Å².